The van der Waals surface area contributed by atoms with Gasteiger partial charge in [0.2, 0.25) is 0 Å². The molecule has 2 aromatic heterocycles. The minimum Gasteiger partial charge on any atom is -0.237 e. The molecule has 0 aliphatic carbocycles. The molecule has 0 N–H and O–H groups in total. The van der Waals surface area contributed by atoms with Crippen LogP contribution in [0.5, 0.6) is 0 Å². The van der Waals surface area contributed by atoms with Crippen LogP contribution in [0.15, 0.2) is 35.0 Å². The first kappa shape index (κ1) is 12.1. The van der Waals surface area contributed by atoms with Crippen LogP contribution in [0.3, 0.4) is 0 Å². The van der Waals surface area contributed by atoms with Crippen molar-refractivity contribution in [3.63, 3.8) is 0 Å². The molecule has 3 nitrogen and oxygen atoms in total. The quantitative estimate of drug-likeness (QED) is 0.732. The van der Waals surface area contributed by atoms with E-state index >= 15 is 0 Å². The number of nitrogens with zero attached hydrogens (tertiary/aromatic N) is 3. The Morgan fingerprint density at radius 2 is 1.89 bits per heavy atom. The molecule has 0 fully saturated rings. The van der Waals surface area contributed by atoms with Crippen LogP contribution >= 0.6 is 22.9 Å². The monoisotopic (exact) mass is 289 g/mol. The molecule has 0 spiro atoms. The van der Waals surface area contributed by atoms with Crippen molar-refractivity contribution in [2.45, 2.75) is 0 Å². The van der Waals surface area contributed by atoms with Crippen LogP contribution in [0.25, 0.3) is 23.4 Å². The van der Waals surface area contributed by atoms with Crippen molar-refractivity contribution in [1.82, 2.24) is 14.6 Å². The summed E-state index contributed by atoms with van der Waals surface area (Å²) in [5.41, 5.74) is 2.58. The van der Waals surface area contributed by atoms with E-state index in [2.05, 4.69) is 14.6 Å². The standard InChI is InChI=1S/C13H8FN3S2/c14-10-3-1-9(2-4-10)12-8-18-13(15-12)6-5-11-7-19-17-16-11/h1-8H. The highest BCUT2D eigenvalue weighted by atomic mass is 32.1. The number of halogens is 1. The van der Waals surface area contributed by atoms with Gasteiger partial charge in [-0.3, -0.25) is 0 Å². The van der Waals surface area contributed by atoms with Crippen LogP contribution in [0.4, 0.5) is 4.39 Å². The Morgan fingerprint density at radius 3 is 2.63 bits per heavy atom. The molecule has 3 rings (SSSR count). The highest BCUT2D eigenvalue weighted by molar-refractivity contribution is 7.10. The first-order valence-electron chi connectivity index (χ1n) is 5.48. The van der Waals surface area contributed by atoms with E-state index in [1.54, 1.807) is 12.1 Å². The Balaban J connectivity index is 1.81. The van der Waals surface area contributed by atoms with Gasteiger partial charge in [-0.1, -0.05) is 4.49 Å². The molecule has 0 aliphatic heterocycles. The minimum atomic E-state index is -0.241. The summed E-state index contributed by atoms with van der Waals surface area (Å²) in [6, 6.07) is 6.32. The van der Waals surface area contributed by atoms with Gasteiger partial charge >= 0.3 is 0 Å². The summed E-state index contributed by atoms with van der Waals surface area (Å²) in [6.45, 7) is 0. The number of rotatable bonds is 3. The lowest BCUT2D eigenvalue weighted by atomic mass is 10.2. The SMILES string of the molecule is Fc1ccc(-c2csc(C=Cc3csnn3)n2)cc1. The van der Waals surface area contributed by atoms with E-state index in [-0.39, 0.29) is 5.82 Å². The predicted molar refractivity (Wildman–Crippen MR) is 76.3 cm³/mol. The molecule has 0 bridgehead atoms. The van der Waals surface area contributed by atoms with Crippen LogP contribution in [0.1, 0.15) is 10.7 Å². The highest BCUT2D eigenvalue weighted by Crippen LogP contribution is 2.23. The summed E-state index contributed by atoms with van der Waals surface area (Å²) in [7, 11) is 0. The lowest BCUT2D eigenvalue weighted by Crippen LogP contribution is -1.79. The molecule has 2 heterocycles. The zero-order valence-corrected chi connectivity index (χ0v) is 11.3. The summed E-state index contributed by atoms with van der Waals surface area (Å²) in [5.74, 6) is -0.241. The third-order valence-electron chi connectivity index (χ3n) is 2.44. The smallest absolute Gasteiger partial charge is 0.123 e. The normalized spacial score (nSPS) is 11.2. The highest BCUT2D eigenvalue weighted by Gasteiger charge is 2.03. The number of hydrogen-bond donors (Lipinski definition) is 0. The Hall–Kier alpha value is -1.92. The summed E-state index contributed by atoms with van der Waals surface area (Å²) >= 11 is 2.85. The summed E-state index contributed by atoms with van der Waals surface area (Å²) in [5, 5.41) is 8.62. The molecule has 19 heavy (non-hydrogen) atoms. The van der Waals surface area contributed by atoms with Gasteiger partial charge in [-0.15, -0.1) is 16.4 Å². The van der Waals surface area contributed by atoms with Crippen LogP contribution in [0.2, 0.25) is 0 Å². The van der Waals surface area contributed by atoms with E-state index in [1.807, 2.05) is 22.9 Å². The van der Waals surface area contributed by atoms with E-state index in [0.717, 1.165) is 22.0 Å². The molecule has 0 aliphatic rings. The molecule has 0 saturated carbocycles. The van der Waals surface area contributed by atoms with Gasteiger partial charge in [-0.05, 0) is 47.9 Å². The Labute approximate surface area is 117 Å². The lowest BCUT2D eigenvalue weighted by molar-refractivity contribution is 0.628. The molecule has 6 heteroatoms. The number of hydrogen-bond acceptors (Lipinski definition) is 5. The number of thiazole rings is 1. The molecular weight excluding hydrogens is 281 g/mol. The van der Waals surface area contributed by atoms with Crippen molar-refractivity contribution in [3.8, 4) is 11.3 Å². The molecule has 0 atom stereocenters. The van der Waals surface area contributed by atoms with Crippen molar-refractivity contribution in [1.29, 1.82) is 0 Å². The summed E-state index contributed by atoms with van der Waals surface area (Å²) < 4.78 is 16.6. The van der Waals surface area contributed by atoms with Crippen molar-refractivity contribution in [2.75, 3.05) is 0 Å². The van der Waals surface area contributed by atoms with Crippen molar-refractivity contribution < 1.29 is 4.39 Å². The fourth-order valence-electron chi connectivity index (χ4n) is 1.52. The van der Waals surface area contributed by atoms with E-state index in [0.29, 0.717) is 0 Å². The van der Waals surface area contributed by atoms with E-state index in [1.165, 1.54) is 35.0 Å². The van der Waals surface area contributed by atoms with Gasteiger partial charge in [0.05, 0.1) is 11.4 Å². The maximum absolute atomic E-state index is 12.8. The van der Waals surface area contributed by atoms with Gasteiger partial charge in [0.15, 0.2) is 0 Å². The Morgan fingerprint density at radius 1 is 1.05 bits per heavy atom. The first-order valence-corrected chi connectivity index (χ1v) is 7.19. The average Bonchev–Trinajstić information content (AvgIpc) is 3.09. The van der Waals surface area contributed by atoms with Gasteiger partial charge < -0.3 is 0 Å². The van der Waals surface area contributed by atoms with Crippen LogP contribution in [-0.4, -0.2) is 14.6 Å². The summed E-state index contributed by atoms with van der Waals surface area (Å²) in [6.07, 6.45) is 3.77. The first-order chi connectivity index (χ1) is 9.31. The number of benzene rings is 1. The van der Waals surface area contributed by atoms with Gasteiger partial charge in [0.1, 0.15) is 10.8 Å². The van der Waals surface area contributed by atoms with Gasteiger partial charge in [-0.2, -0.15) is 0 Å². The average molecular weight is 289 g/mol. The molecule has 0 saturated heterocycles. The second-order valence-electron chi connectivity index (χ2n) is 3.74. The van der Waals surface area contributed by atoms with E-state index in [9.17, 15) is 4.39 Å². The molecular formula is C13H8FN3S2. The maximum atomic E-state index is 12.8. The second-order valence-corrected chi connectivity index (χ2v) is 5.24. The molecule has 1 aromatic carbocycles. The van der Waals surface area contributed by atoms with Crippen LogP contribution in [0, 0.1) is 5.82 Å². The van der Waals surface area contributed by atoms with Gasteiger partial charge in [-0.25, -0.2) is 9.37 Å². The minimum absolute atomic E-state index is 0.241. The van der Waals surface area contributed by atoms with E-state index in [4.69, 9.17) is 0 Å². The maximum Gasteiger partial charge on any atom is 0.123 e. The predicted octanol–water partition coefficient (Wildman–Crippen LogP) is 3.97. The Bertz CT molecular complexity index is 687. The van der Waals surface area contributed by atoms with Gasteiger partial charge in [0, 0.05) is 16.3 Å². The van der Waals surface area contributed by atoms with E-state index < -0.39 is 0 Å². The van der Waals surface area contributed by atoms with Crippen molar-refractivity contribution in [2.24, 2.45) is 0 Å². The van der Waals surface area contributed by atoms with Crippen LogP contribution in [-0.2, 0) is 0 Å². The third kappa shape index (κ3) is 2.91. The lowest BCUT2D eigenvalue weighted by Gasteiger charge is -1.94. The van der Waals surface area contributed by atoms with Crippen LogP contribution < -0.4 is 0 Å². The third-order valence-corrected chi connectivity index (χ3v) is 3.77. The molecule has 0 amide bonds. The van der Waals surface area contributed by atoms with Crippen molar-refractivity contribution in [3.05, 3.63) is 51.5 Å². The topological polar surface area (TPSA) is 38.7 Å². The fraction of sp³-hybridized carbons (Fsp3) is 0. The Kier molecular flexibility index (Phi) is 3.43. The molecule has 94 valence electrons. The fourth-order valence-corrected chi connectivity index (χ4v) is 2.66. The van der Waals surface area contributed by atoms with Gasteiger partial charge in [0.25, 0.3) is 0 Å². The molecule has 3 aromatic rings. The largest absolute Gasteiger partial charge is 0.237 e. The number of aromatic nitrogens is 3. The molecule has 0 unspecified atom stereocenters. The molecule has 0 radical (unpaired) electrons. The zero-order chi connectivity index (χ0) is 13.1. The summed E-state index contributed by atoms with van der Waals surface area (Å²) in [4.78, 5) is 4.47. The van der Waals surface area contributed by atoms with Crippen molar-refractivity contribution >= 4 is 35.0 Å². The second kappa shape index (κ2) is 5.38. The zero-order valence-electron chi connectivity index (χ0n) is 9.65.